The van der Waals surface area contributed by atoms with Gasteiger partial charge in [-0.2, -0.15) is 0 Å². The summed E-state index contributed by atoms with van der Waals surface area (Å²) in [6, 6.07) is -0.217. The number of amides is 1. The predicted octanol–water partition coefficient (Wildman–Crippen LogP) is 3.51. The van der Waals surface area contributed by atoms with Crippen LogP contribution in [0.2, 0.25) is 0 Å². The van der Waals surface area contributed by atoms with E-state index in [4.69, 9.17) is 9.47 Å². The van der Waals surface area contributed by atoms with Gasteiger partial charge in [0.2, 0.25) is 0 Å². The van der Waals surface area contributed by atoms with Crippen LogP contribution in [0.1, 0.15) is 59.8 Å². The Morgan fingerprint density at radius 3 is 2.41 bits per heavy atom. The highest BCUT2D eigenvalue weighted by molar-refractivity contribution is 8.13. The second kappa shape index (κ2) is 9.40. The molecule has 5 nitrogen and oxygen atoms in total. The zero-order chi connectivity index (χ0) is 16.6. The molecule has 22 heavy (non-hydrogen) atoms. The molecule has 1 unspecified atom stereocenters. The molecule has 0 radical (unpaired) electrons. The number of nitrogens with one attached hydrogen (secondary N) is 1. The average molecular weight is 331 g/mol. The maximum Gasteiger partial charge on any atom is 0.407 e. The maximum atomic E-state index is 11.9. The van der Waals surface area contributed by atoms with Crippen LogP contribution in [0.3, 0.4) is 0 Å². The van der Waals surface area contributed by atoms with Gasteiger partial charge >= 0.3 is 6.09 Å². The molecule has 1 N–H and O–H groups in total. The summed E-state index contributed by atoms with van der Waals surface area (Å²) < 4.78 is 11.2. The summed E-state index contributed by atoms with van der Waals surface area (Å²) in [6.45, 7) is 7.42. The van der Waals surface area contributed by atoms with Gasteiger partial charge in [-0.05, 0) is 33.6 Å². The summed E-state index contributed by atoms with van der Waals surface area (Å²) in [7, 11) is 0. The van der Waals surface area contributed by atoms with Crippen LogP contribution in [-0.2, 0) is 14.3 Å². The zero-order valence-electron chi connectivity index (χ0n) is 14.1. The number of alkyl carbamates (subject to hydrolysis) is 1. The van der Waals surface area contributed by atoms with E-state index in [1.165, 1.54) is 37.9 Å². The molecule has 0 aromatic rings. The fourth-order valence-corrected chi connectivity index (χ4v) is 2.92. The van der Waals surface area contributed by atoms with Gasteiger partial charge in [0.15, 0.2) is 5.12 Å². The van der Waals surface area contributed by atoms with E-state index in [2.05, 4.69) is 5.32 Å². The lowest BCUT2D eigenvalue weighted by atomic mass is 9.98. The lowest BCUT2D eigenvalue weighted by Crippen LogP contribution is -2.43. The van der Waals surface area contributed by atoms with E-state index in [0.29, 0.717) is 12.4 Å². The minimum absolute atomic E-state index is 0.0358. The lowest BCUT2D eigenvalue weighted by molar-refractivity contribution is -0.109. The number of carbonyl (C=O) groups is 2. The molecule has 6 heteroatoms. The predicted molar refractivity (Wildman–Crippen MR) is 89.1 cm³/mol. The SMILES string of the molecule is CC(=O)SCC(COC1CCCCC1)NC(=O)OC(C)(C)C. The standard InChI is InChI=1S/C16H29NO4S/c1-12(18)22-11-13(17-15(19)21-16(2,3)4)10-20-14-8-6-5-7-9-14/h13-14H,5-11H2,1-4H3,(H,17,19). The van der Waals surface area contributed by atoms with Crippen LogP contribution >= 0.6 is 11.8 Å². The van der Waals surface area contributed by atoms with Gasteiger partial charge in [-0.25, -0.2) is 4.79 Å². The van der Waals surface area contributed by atoms with Crippen molar-refractivity contribution in [3.8, 4) is 0 Å². The van der Waals surface area contributed by atoms with Crippen LogP contribution in [0.25, 0.3) is 0 Å². The minimum Gasteiger partial charge on any atom is -0.444 e. The van der Waals surface area contributed by atoms with Gasteiger partial charge in [0, 0.05) is 12.7 Å². The molecule has 1 fully saturated rings. The van der Waals surface area contributed by atoms with E-state index >= 15 is 0 Å². The van der Waals surface area contributed by atoms with Crippen LogP contribution < -0.4 is 5.32 Å². The molecule has 0 spiro atoms. The largest absolute Gasteiger partial charge is 0.444 e. The van der Waals surface area contributed by atoms with Crippen molar-refractivity contribution in [2.24, 2.45) is 0 Å². The van der Waals surface area contributed by atoms with Gasteiger partial charge in [0.05, 0.1) is 18.8 Å². The Hall–Kier alpha value is -0.750. The van der Waals surface area contributed by atoms with Crippen molar-refractivity contribution in [2.45, 2.75) is 77.5 Å². The van der Waals surface area contributed by atoms with Gasteiger partial charge in [-0.3, -0.25) is 4.79 Å². The van der Waals surface area contributed by atoms with Crippen LogP contribution in [-0.4, -0.2) is 41.3 Å². The number of carbonyl (C=O) groups excluding carboxylic acids is 2. The van der Waals surface area contributed by atoms with Crippen molar-refractivity contribution in [1.82, 2.24) is 5.32 Å². The Labute approximate surface area is 137 Å². The van der Waals surface area contributed by atoms with Crippen molar-refractivity contribution in [3.63, 3.8) is 0 Å². The molecule has 1 aliphatic carbocycles. The Morgan fingerprint density at radius 1 is 1.23 bits per heavy atom. The zero-order valence-corrected chi connectivity index (χ0v) is 15.0. The molecule has 0 heterocycles. The molecule has 0 aliphatic heterocycles. The smallest absolute Gasteiger partial charge is 0.407 e. The highest BCUT2D eigenvalue weighted by Gasteiger charge is 2.22. The first-order valence-corrected chi connectivity index (χ1v) is 8.99. The van der Waals surface area contributed by atoms with E-state index < -0.39 is 11.7 Å². The summed E-state index contributed by atoms with van der Waals surface area (Å²) in [4.78, 5) is 23.0. The first-order chi connectivity index (χ1) is 10.3. The molecule has 1 saturated carbocycles. The molecule has 0 saturated heterocycles. The van der Waals surface area contributed by atoms with E-state index in [1.54, 1.807) is 0 Å². The summed E-state index contributed by atoms with van der Waals surface area (Å²) in [5, 5.41) is 2.85. The third-order valence-electron chi connectivity index (χ3n) is 3.29. The van der Waals surface area contributed by atoms with Gasteiger partial charge in [-0.1, -0.05) is 31.0 Å². The van der Waals surface area contributed by atoms with E-state index in [1.807, 2.05) is 20.8 Å². The second-order valence-corrected chi connectivity index (χ2v) is 7.94. The van der Waals surface area contributed by atoms with Crippen LogP contribution in [0.15, 0.2) is 0 Å². The quantitative estimate of drug-likeness (QED) is 0.807. The van der Waals surface area contributed by atoms with Gasteiger partial charge in [0.1, 0.15) is 5.60 Å². The van der Waals surface area contributed by atoms with Crippen molar-refractivity contribution < 1.29 is 19.1 Å². The first kappa shape index (κ1) is 19.3. The maximum absolute atomic E-state index is 11.9. The van der Waals surface area contributed by atoms with Gasteiger partial charge in [0.25, 0.3) is 0 Å². The van der Waals surface area contributed by atoms with Crippen molar-refractivity contribution in [2.75, 3.05) is 12.4 Å². The summed E-state index contributed by atoms with van der Waals surface area (Å²) in [5.41, 5.74) is -0.535. The molecule has 1 amide bonds. The Morgan fingerprint density at radius 2 is 1.86 bits per heavy atom. The summed E-state index contributed by atoms with van der Waals surface area (Å²) >= 11 is 1.20. The monoisotopic (exact) mass is 331 g/mol. The van der Waals surface area contributed by atoms with E-state index in [9.17, 15) is 9.59 Å². The van der Waals surface area contributed by atoms with E-state index in [0.717, 1.165) is 12.8 Å². The van der Waals surface area contributed by atoms with Crippen molar-refractivity contribution >= 4 is 23.0 Å². The fraction of sp³-hybridized carbons (Fsp3) is 0.875. The second-order valence-electron chi connectivity index (χ2n) is 6.74. The molecule has 1 atom stereocenters. The highest BCUT2D eigenvalue weighted by atomic mass is 32.2. The summed E-state index contributed by atoms with van der Waals surface area (Å²) in [6.07, 6.45) is 5.67. The average Bonchev–Trinajstić information content (AvgIpc) is 2.41. The third-order valence-corrected chi connectivity index (χ3v) is 4.27. The molecular weight excluding hydrogens is 302 g/mol. The number of ether oxygens (including phenoxy) is 2. The number of rotatable bonds is 6. The van der Waals surface area contributed by atoms with Crippen molar-refractivity contribution in [1.29, 1.82) is 0 Å². The fourth-order valence-electron chi connectivity index (χ4n) is 2.31. The number of hydrogen-bond acceptors (Lipinski definition) is 5. The number of hydrogen-bond donors (Lipinski definition) is 1. The normalized spacial score (nSPS) is 17.8. The minimum atomic E-state index is -0.535. The van der Waals surface area contributed by atoms with E-state index in [-0.39, 0.29) is 17.3 Å². The third kappa shape index (κ3) is 9.30. The lowest BCUT2D eigenvalue weighted by Gasteiger charge is -2.26. The molecule has 0 aromatic heterocycles. The van der Waals surface area contributed by atoms with Gasteiger partial charge in [-0.15, -0.1) is 0 Å². The molecule has 0 aromatic carbocycles. The Kier molecular flexibility index (Phi) is 8.25. The topological polar surface area (TPSA) is 64.6 Å². The Bertz CT molecular complexity index is 362. The van der Waals surface area contributed by atoms with Crippen LogP contribution in [0, 0.1) is 0 Å². The molecule has 1 rings (SSSR count). The Balaban J connectivity index is 2.43. The molecule has 128 valence electrons. The first-order valence-electron chi connectivity index (χ1n) is 8.01. The number of thioether (sulfide) groups is 1. The molecular formula is C16H29NO4S. The highest BCUT2D eigenvalue weighted by Crippen LogP contribution is 2.20. The van der Waals surface area contributed by atoms with Crippen molar-refractivity contribution in [3.05, 3.63) is 0 Å². The van der Waals surface area contributed by atoms with Gasteiger partial charge < -0.3 is 14.8 Å². The van der Waals surface area contributed by atoms with Crippen LogP contribution in [0.5, 0.6) is 0 Å². The molecule has 1 aliphatic rings. The van der Waals surface area contributed by atoms with Crippen LogP contribution in [0.4, 0.5) is 4.79 Å². The molecule has 0 bridgehead atoms. The summed E-state index contributed by atoms with van der Waals surface area (Å²) in [5.74, 6) is 0.501.